The molecule has 0 aromatic rings. The van der Waals surface area contributed by atoms with Gasteiger partial charge in [0.25, 0.3) is 0 Å². The molecule has 0 saturated heterocycles. The summed E-state index contributed by atoms with van der Waals surface area (Å²) in [5.41, 5.74) is 4.45. The first-order chi connectivity index (χ1) is 8.63. The van der Waals surface area contributed by atoms with Crippen LogP contribution in [0.15, 0.2) is 17.4 Å². The van der Waals surface area contributed by atoms with Crippen LogP contribution in [-0.2, 0) is 0 Å². The van der Waals surface area contributed by atoms with Crippen molar-refractivity contribution in [2.75, 3.05) is 0 Å². The van der Waals surface area contributed by atoms with Gasteiger partial charge in [0.15, 0.2) is 0 Å². The molecule has 106 valence electrons. The Bertz CT molecular complexity index is 246. The van der Waals surface area contributed by atoms with E-state index >= 15 is 0 Å². The maximum Gasteiger partial charge on any atom is 0.0846 e. The Morgan fingerprint density at radius 2 is 1.72 bits per heavy atom. The molecule has 0 radical (unpaired) electrons. The minimum absolute atomic E-state index is 0.290. The summed E-state index contributed by atoms with van der Waals surface area (Å²) in [5.74, 6) is 0.290. The number of aliphatic hydroxyl groups is 1. The van der Waals surface area contributed by atoms with Crippen molar-refractivity contribution >= 4 is 0 Å². The summed E-state index contributed by atoms with van der Waals surface area (Å²) in [6.07, 6.45) is 11.4. The van der Waals surface area contributed by atoms with E-state index in [2.05, 4.69) is 39.5 Å². The second kappa shape index (κ2) is 11.6. The van der Waals surface area contributed by atoms with Crippen molar-refractivity contribution in [2.45, 2.75) is 85.2 Å². The van der Waals surface area contributed by atoms with Crippen LogP contribution in [0.3, 0.4) is 0 Å². The Balaban J connectivity index is 4.29. The second-order valence-electron chi connectivity index (χ2n) is 5.52. The van der Waals surface area contributed by atoms with E-state index in [9.17, 15) is 5.11 Å². The third kappa shape index (κ3) is 8.55. The van der Waals surface area contributed by atoms with E-state index in [0.29, 0.717) is 0 Å². The topological polar surface area (TPSA) is 20.2 Å². The van der Waals surface area contributed by atoms with Crippen LogP contribution in [0.5, 0.6) is 0 Å². The third-order valence-corrected chi connectivity index (χ3v) is 3.28. The Morgan fingerprint density at radius 1 is 1.06 bits per heavy atom. The van der Waals surface area contributed by atoms with Crippen LogP contribution in [0.25, 0.3) is 0 Å². The van der Waals surface area contributed by atoms with E-state index in [-0.39, 0.29) is 12.0 Å². The minimum atomic E-state index is -0.316. The molecule has 0 fully saturated rings. The molecule has 1 N–H and O–H groups in total. The van der Waals surface area contributed by atoms with Crippen LogP contribution in [0.2, 0.25) is 0 Å². The molecular formula is C17H32O. The van der Waals surface area contributed by atoms with E-state index in [1.54, 1.807) is 0 Å². The SMILES string of the molecule is CCCCCCC=C=C(CCCC)[C@H](O)C(C)C. The summed E-state index contributed by atoms with van der Waals surface area (Å²) in [7, 11) is 0. The van der Waals surface area contributed by atoms with E-state index < -0.39 is 0 Å². The number of hydrogen-bond donors (Lipinski definition) is 1. The molecule has 0 saturated carbocycles. The molecule has 0 spiro atoms. The van der Waals surface area contributed by atoms with Gasteiger partial charge in [0.2, 0.25) is 0 Å². The largest absolute Gasteiger partial charge is 0.388 e. The molecule has 0 aromatic carbocycles. The fourth-order valence-electron chi connectivity index (χ4n) is 1.95. The Kier molecular flexibility index (Phi) is 11.2. The van der Waals surface area contributed by atoms with Gasteiger partial charge in [0.05, 0.1) is 6.10 Å². The average Bonchev–Trinajstić information content (AvgIpc) is 2.36. The first-order valence-electron chi connectivity index (χ1n) is 7.75. The lowest BCUT2D eigenvalue weighted by atomic mass is 9.95. The lowest BCUT2D eigenvalue weighted by Gasteiger charge is -2.16. The van der Waals surface area contributed by atoms with Gasteiger partial charge in [-0.15, -0.1) is 5.73 Å². The van der Waals surface area contributed by atoms with Crippen LogP contribution >= 0.6 is 0 Å². The number of hydrogen-bond acceptors (Lipinski definition) is 1. The Labute approximate surface area is 114 Å². The molecule has 0 aliphatic carbocycles. The Morgan fingerprint density at radius 3 is 2.28 bits per heavy atom. The fourth-order valence-corrected chi connectivity index (χ4v) is 1.95. The van der Waals surface area contributed by atoms with Gasteiger partial charge in [-0.05, 0) is 37.7 Å². The average molecular weight is 252 g/mol. The summed E-state index contributed by atoms with van der Waals surface area (Å²) in [6.45, 7) is 8.56. The summed E-state index contributed by atoms with van der Waals surface area (Å²) in [5, 5.41) is 10.1. The highest BCUT2D eigenvalue weighted by molar-refractivity contribution is 5.08. The maximum atomic E-state index is 10.1. The molecule has 0 bridgehead atoms. The van der Waals surface area contributed by atoms with Crippen LogP contribution in [0.4, 0.5) is 0 Å². The molecule has 0 aliphatic rings. The van der Waals surface area contributed by atoms with Gasteiger partial charge in [-0.2, -0.15) is 0 Å². The van der Waals surface area contributed by atoms with E-state index in [1.165, 1.54) is 32.1 Å². The highest BCUT2D eigenvalue weighted by Crippen LogP contribution is 2.17. The highest BCUT2D eigenvalue weighted by Gasteiger charge is 2.13. The molecule has 0 heterocycles. The van der Waals surface area contributed by atoms with Gasteiger partial charge in [-0.25, -0.2) is 0 Å². The van der Waals surface area contributed by atoms with Crippen molar-refractivity contribution in [3.8, 4) is 0 Å². The van der Waals surface area contributed by atoms with Gasteiger partial charge in [0, 0.05) is 5.57 Å². The van der Waals surface area contributed by atoms with Crippen molar-refractivity contribution in [1.29, 1.82) is 0 Å². The predicted octanol–water partition coefficient (Wildman–Crippen LogP) is 5.25. The first kappa shape index (κ1) is 17.5. The van der Waals surface area contributed by atoms with Gasteiger partial charge < -0.3 is 5.11 Å². The standard InChI is InChI=1S/C17H32O/c1-5-7-9-10-11-12-14-16(13-8-6-2)17(18)15(3)4/h12,15,17-18H,5-11,13H2,1-4H3/t14?,17-/m1/s1. The van der Waals surface area contributed by atoms with Gasteiger partial charge in [-0.1, -0.05) is 53.4 Å². The number of aliphatic hydroxyl groups excluding tert-OH is 1. The zero-order chi connectivity index (χ0) is 13.8. The summed E-state index contributed by atoms with van der Waals surface area (Å²) >= 11 is 0. The molecule has 1 heteroatoms. The lowest BCUT2D eigenvalue weighted by molar-refractivity contribution is 0.156. The van der Waals surface area contributed by atoms with Crippen molar-refractivity contribution < 1.29 is 5.11 Å². The summed E-state index contributed by atoms with van der Waals surface area (Å²) < 4.78 is 0. The first-order valence-corrected chi connectivity index (χ1v) is 7.75. The second-order valence-corrected chi connectivity index (χ2v) is 5.52. The summed E-state index contributed by atoms with van der Waals surface area (Å²) in [6, 6.07) is 0. The molecule has 18 heavy (non-hydrogen) atoms. The van der Waals surface area contributed by atoms with Crippen LogP contribution in [-0.4, -0.2) is 11.2 Å². The number of unbranched alkanes of at least 4 members (excludes halogenated alkanes) is 5. The zero-order valence-corrected chi connectivity index (χ0v) is 12.8. The molecule has 0 rings (SSSR count). The fraction of sp³-hybridized carbons (Fsp3) is 0.824. The van der Waals surface area contributed by atoms with Crippen molar-refractivity contribution in [3.05, 3.63) is 17.4 Å². The lowest BCUT2D eigenvalue weighted by Crippen LogP contribution is -2.17. The van der Waals surface area contributed by atoms with Crippen LogP contribution < -0.4 is 0 Å². The van der Waals surface area contributed by atoms with Crippen molar-refractivity contribution in [2.24, 2.45) is 5.92 Å². The van der Waals surface area contributed by atoms with E-state index in [4.69, 9.17) is 0 Å². The van der Waals surface area contributed by atoms with Crippen LogP contribution in [0.1, 0.15) is 79.1 Å². The van der Waals surface area contributed by atoms with E-state index in [0.717, 1.165) is 24.8 Å². The zero-order valence-electron chi connectivity index (χ0n) is 12.8. The molecule has 0 amide bonds. The molecule has 0 aliphatic heterocycles. The molecule has 1 nitrogen and oxygen atoms in total. The molecule has 1 atom stereocenters. The molecule has 0 unspecified atom stereocenters. The normalized spacial score (nSPS) is 12.3. The minimum Gasteiger partial charge on any atom is -0.388 e. The van der Waals surface area contributed by atoms with Crippen molar-refractivity contribution in [1.82, 2.24) is 0 Å². The maximum absolute atomic E-state index is 10.1. The number of rotatable bonds is 10. The summed E-state index contributed by atoms with van der Waals surface area (Å²) in [4.78, 5) is 0. The quantitative estimate of drug-likeness (QED) is 0.416. The van der Waals surface area contributed by atoms with Gasteiger partial charge in [-0.3, -0.25) is 0 Å². The van der Waals surface area contributed by atoms with Crippen molar-refractivity contribution in [3.63, 3.8) is 0 Å². The predicted molar refractivity (Wildman–Crippen MR) is 80.7 cm³/mol. The van der Waals surface area contributed by atoms with Gasteiger partial charge in [0.1, 0.15) is 0 Å². The molecule has 0 aromatic heterocycles. The van der Waals surface area contributed by atoms with Gasteiger partial charge >= 0.3 is 0 Å². The smallest absolute Gasteiger partial charge is 0.0846 e. The monoisotopic (exact) mass is 252 g/mol. The Hall–Kier alpha value is -0.520. The molecular weight excluding hydrogens is 220 g/mol. The van der Waals surface area contributed by atoms with Crippen LogP contribution in [0, 0.1) is 5.92 Å². The van der Waals surface area contributed by atoms with E-state index in [1.807, 2.05) is 0 Å². The third-order valence-electron chi connectivity index (χ3n) is 3.28. The highest BCUT2D eigenvalue weighted by atomic mass is 16.3.